The molecule has 0 unspecified atom stereocenters. The van der Waals surface area contributed by atoms with Crippen molar-refractivity contribution in [1.29, 1.82) is 0 Å². The molecule has 0 atom stereocenters. The van der Waals surface area contributed by atoms with Gasteiger partial charge in [-0.2, -0.15) is 0 Å². The van der Waals surface area contributed by atoms with Gasteiger partial charge in [-0.25, -0.2) is 4.57 Å². The standard InChI is InChI=1S/C15H33O4P/c1-6-9-12-15(13-10-7-2,14-11-8-3)19-20(16,17-4)18-5/h6-14H2,1-5H3. The molecule has 0 aromatic heterocycles. The van der Waals surface area contributed by atoms with Crippen LogP contribution in [-0.4, -0.2) is 19.8 Å². The molecule has 0 aliphatic carbocycles. The number of phosphoric acid groups is 1. The molecule has 0 heterocycles. The number of phosphoric ester groups is 1. The molecule has 0 fully saturated rings. The summed E-state index contributed by atoms with van der Waals surface area (Å²) in [5, 5.41) is 0. The average Bonchev–Trinajstić information content (AvgIpc) is 2.48. The molecule has 20 heavy (non-hydrogen) atoms. The van der Waals surface area contributed by atoms with Gasteiger partial charge in [0.15, 0.2) is 0 Å². The van der Waals surface area contributed by atoms with Crippen LogP contribution in [0.25, 0.3) is 0 Å². The van der Waals surface area contributed by atoms with E-state index < -0.39 is 7.82 Å². The number of hydrogen-bond acceptors (Lipinski definition) is 4. The maximum Gasteiger partial charge on any atom is 0.474 e. The topological polar surface area (TPSA) is 44.8 Å². The van der Waals surface area contributed by atoms with Crippen LogP contribution in [0, 0.1) is 0 Å². The van der Waals surface area contributed by atoms with E-state index in [4.69, 9.17) is 13.6 Å². The lowest BCUT2D eigenvalue weighted by Gasteiger charge is -2.35. The highest BCUT2D eigenvalue weighted by Gasteiger charge is 2.38. The molecule has 122 valence electrons. The zero-order valence-electron chi connectivity index (χ0n) is 13.9. The summed E-state index contributed by atoms with van der Waals surface area (Å²) in [4.78, 5) is 0. The molecule has 0 saturated heterocycles. The van der Waals surface area contributed by atoms with Crippen LogP contribution in [0.2, 0.25) is 0 Å². The molecule has 0 aromatic carbocycles. The lowest BCUT2D eigenvalue weighted by atomic mass is 9.86. The Hall–Kier alpha value is 0.110. The molecular weight excluding hydrogens is 275 g/mol. The quantitative estimate of drug-likeness (QED) is 0.409. The van der Waals surface area contributed by atoms with Crippen molar-refractivity contribution in [2.75, 3.05) is 14.2 Å². The molecule has 0 aliphatic rings. The van der Waals surface area contributed by atoms with E-state index in [0.717, 1.165) is 57.8 Å². The van der Waals surface area contributed by atoms with Gasteiger partial charge in [-0.3, -0.25) is 13.6 Å². The molecule has 0 amide bonds. The summed E-state index contributed by atoms with van der Waals surface area (Å²) in [6, 6.07) is 0. The second kappa shape index (κ2) is 10.8. The first kappa shape index (κ1) is 20.1. The molecule has 5 heteroatoms. The Kier molecular flexibility index (Phi) is 10.8. The molecule has 4 nitrogen and oxygen atoms in total. The summed E-state index contributed by atoms with van der Waals surface area (Å²) in [6.45, 7) is 6.49. The normalized spacial score (nSPS) is 12.8. The first-order valence-electron chi connectivity index (χ1n) is 7.93. The van der Waals surface area contributed by atoms with Crippen LogP contribution >= 0.6 is 7.82 Å². The SMILES string of the molecule is CCCCC(CCCC)(CCCC)OP(=O)(OC)OC. The smallest absolute Gasteiger partial charge is 0.290 e. The minimum atomic E-state index is -3.42. The monoisotopic (exact) mass is 308 g/mol. The highest BCUT2D eigenvalue weighted by molar-refractivity contribution is 7.48. The Bertz CT molecular complexity index is 251. The molecule has 0 N–H and O–H groups in total. The third kappa shape index (κ3) is 7.21. The fraction of sp³-hybridized carbons (Fsp3) is 1.00. The van der Waals surface area contributed by atoms with Crippen LogP contribution in [0.1, 0.15) is 78.6 Å². The molecule has 0 aromatic rings. The van der Waals surface area contributed by atoms with E-state index in [1.807, 2.05) is 0 Å². The first-order valence-corrected chi connectivity index (χ1v) is 9.39. The van der Waals surface area contributed by atoms with Gasteiger partial charge in [-0.1, -0.05) is 59.3 Å². The molecule has 0 saturated carbocycles. The van der Waals surface area contributed by atoms with E-state index in [1.165, 1.54) is 14.2 Å². The Morgan fingerprint density at radius 2 is 1.15 bits per heavy atom. The third-order valence-corrected chi connectivity index (χ3v) is 5.22. The van der Waals surface area contributed by atoms with Crippen molar-refractivity contribution in [2.24, 2.45) is 0 Å². The fourth-order valence-electron chi connectivity index (χ4n) is 2.40. The zero-order chi connectivity index (χ0) is 15.5. The van der Waals surface area contributed by atoms with Gasteiger partial charge >= 0.3 is 7.82 Å². The van der Waals surface area contributed by atoms with E-state index in [0.29, 0.717) is 0 Å². The average molecular weight is 308 g/mol. The van der Waals surface area contributed by atoms with Crippen LogP contribution in [0.3, 0.4) is 0 Å². The van der Waals surface area contributed by atoms with Crippen molar-refractivity contribution in [2.45, 2.75) is 84.2 Å². The van der Waals surface area contributed by atoms with Gasteiger partial charge in [0.1, 0.15) is 0 Å². The minimum Gasteiger partial charge on any atom is -0.290 e. The molecular formula is C15H33O4P. The van der Waals surface area contributed by atoms with Crippen LogP contribution < -0.4 is 0 Å². The van der Waals surface area contributed by atoms with E-state index in [1.54, 1.807) is 0 Å². The van der Waals surface area contributed by atoms with E-state index in [-0.39, 0.29) is 5.60 Å². The van der Waals surface area contributed by atoms with Gasteiger partial charge in [0.25, 0.3) is 0 Å². The van der Waals surface area contributed by atoms with E-state index in [2.05, 4.69) is 20.8 Å². The van der Waals surface area contributed by atoms with Gasteiger partial charge < -0.3 is 0 Å². The summed E-state index contributed by atoms with van der Waals surface area (Å²) < 4.78 is 28.3. The molecule has 0 radical (unpaired) electrons. The van der Waals surface area contributed by atoms with Crippen molar-refractivity contribution in [3.05, 3.63) is 0 Å². The summed E-state index contributed by atoms with van der Waals surface area (Å²) in [5.74, 6) is 0. The van der Waals surface area contributed by atoms with Crippen molar-refractivity contribution >= 4 is 7.82 Å². The van der Waals surface area contributed by atoms with E-state index in [9.17, 15) is 4.57 Å². The predicted molar refractivity (Wildman–Crippen MR) is 84.0 cm³/mol. The van der Waals surface area contributed by atoms with Gasteiger partial charge in [0, 0.05) is 14.2 Å². The zero-order valence-corrected chi connectivity index (χ0v) is 14.8. The fourth-order valence-corrected chi connectivity index (χ4v) is 3.44. The Morgan fingerprint density at radius 3 is 1.40 bits per heavy atom. The summed E-state index contributed by atoms with van der Waals surface area (Å²) in [5.41, 5.74) is -0.371. The number of hydrogen-bond donors (Lipinski definition) is 0. The van der Waals surface area contributed by atoms with Crippen molar-refractivity contribution < 1.29 is 18.1 Å². The highest BCUT2D eigenvalue weighted by atomic mass is 31.2. The van der Waals surface area contributed by atoms with Crippen molar-refractivity contribution in [1.82, 2.24) is 0 Å². The van der Waals surface area contributed by atoms with E-state index >= 15 is 0 Å². The van der Waals surface area contributed by atoms with Crippen LogP contribution in [0.4, 0.5) is 0 Å². The van der Waals surface area contributed by atoms with Crippen molar-refractivity contribution in [3.63, 3.8) is 0 Å². The second-order valence-electron chi connectivity index (χ2n) is 5.40. The largest absolute Gasteiger partial charge is 0.474 e. The van der Waals surface area contributed by atoms with Crippen LogP contribution in [0.15, 0.2) is 0 Å². The Balaban J connectivity index is 5.05. The van der Waals surface area contributed by atoms with Gasteiger partial charge in [-0.15, -0.1) is 0 Å². The molecule has 0 bridgehead atoms. The van der Waals surface area contributed by atoms with Gasteiger partial charge in [0.2, 0.25) is 0 Å². The number of rotatable bonds is 13. The molecule has 0 rings (SSSR count). The highest BCUT2D eigenvalue weighted by Crippen LogP contribution is 2.54. The van der Waals surface area contributed by atoms with Gasteiger partial charge in [0.05, 0.1) is 5.60 Å². The summed E-state index contributed by atoms with van der Waals surface area (Å²) >= 11 is 0. The first-order chi connectivity index (χ1) is 9.51. The summed E-state index contributed by atoms with van der Waals surface area (Å²) in [6.07, 6.45) is 9.28. The maximum absolute atomic E-state index is 12.4. The Labute approximate surface area is 125 Å². The van der Waals surface area contributed by atoms with Crippen LogP contribution in [-0.2, 0) is 18.1 Å². The summed E-state index contributed by atoms with van der Waals surface area (Å²) in [7, 11) is -0.656. The maximum atomic E-state index is 12.4. The second-order valence-corrected chi connectivity index (χ2v) is 7.20. The number of unbranched alkanes of at least 4 members (excludes halogenated alkanes) is 3. The molecule has 0 spiro atoms. The predicted octanol–water partition coefficient (Wildman–Crippen LogP) is 5.71. The van der Waals surface area contributed by atoms with Gasteiger partial charge in [-0.05, 0) is 19.3 Å². The van der Waals surface area contributed by atoms with Crippen molar-refractivity contribution in [3.8, 4) is 0 Å². The lowest BCUT2D eigenvalue weighted by Crippen LogP contribution is -2.32. The Morgan fingerprint density at radius 1 is 0.800 bits per heavy atom. The minimum absolute atomic E-state index is 0.371. The third-order valence-electron chi connectivity index (χ3n) is 3.71. The van der Waals surface area contributed by atoms with Crippen LogP contribution in [0.5, 0.6) is 0 Å². The molecule has 0 aliphatic heterocycles. The lowest BCUT2D eigenvalue weighted by molar-refractivity contribution is -0.00352.